The first-order valence-corrected chi connectivity index (χ1v) is 6.67. The Labute approximate surface area is 113 Å². The van der Waals surface area contributed by atoms with Crippen molar-refractivity contribution in [3.05, 3.63) is 35.4 Å². The Bertz CT molecular complexity index is 484. The van der Waals surface area contributed by atoms with Crippen molar-refractivity contribution in [2.75, 3.05) is 6.54 Å². The smallest absolute Gasteiger partial charge is 0.336 e. The van der Waals surface area contributed by atoms with Crippen LogP contribution < -0.4 is 0 Å². The van der Waals surface area contributed by atoms with E-state index in [1.165, 1.54) is 0 Å². The van der Waals surface area contributed by atoms with Crippen LogP contribution in [0.2, 0.25) is 0 Å². The predicted octanol–water partition coefficient (Wildman–Crippen LogP) is 2.53. The highest BCUT2D eigenvalue weighted by Gasteiger charge is 2.21. The van der Waals surface area contributed by atoms with E-state index in [4.69, 9.17) is 5.11 Å². The van der Waals surface area contributed by atoms with Gasteiger partial charge in [-0.2, -0.15) is 0 Å². The van der Waals surface area contributed by atoms with E-state index in [1.54, 1.807) is 23.1 Å². The van der Waals surface area contributed by atoms with E-state index in [-0.39, 0.29) is 11.5 Å². The molecule has 4 heteroatoms. The Balaban J connectivity index is 2.16. The third-order valence-electron chi connectivity index (χ3n) is 3.70. The summed E-state index contributed by atoms with van der Waals surface area (Å²) in [4.78, 5) is 25.0. The molecule has 1 aromatic carbocycles. The fraction of sp³-hybridized carbons (Fsp3) is 0.467. The zero-order valence-electron chi connectivity index (χ0n) is 11.1. The van der Waals surface area contributed by atoms with Crippen LogP contribution in [-0.2, 0) is 11.3 Å². The third-order valence-corrected chi connectivity index (χ3v) is 3.70. The van der Waals surface area contributed by atoms with E-state index in [2.05, 4.69) is 6.92 Å². The standard InChI is InChI=1S/C15H19NO3/c1-11-6-7-14(17)16(9-8-11)10-12-4-2-3-5-13(12)15(18)19/h2-5,11H,6-10H2,1H3,(H,18,19). The summed E-state index contributed by atoms with van der Waals surface area (Å²) in [6.07, 6.45) is 2.48. The Kier molecular flexibility index (Phi) is 4.20. The number of rotatable bonds is 3. The van der Waals surface area contributed by atoms with Crippen molar-refractivity contribution < 1.29 is 14.7 Å². The molecule has 1 atom stereocenters. The highest BCUT2D eigenvalue weighted by Crippen LogP contribution is 2.20. The van der Waals surface area contributed by atoms with E-state index in [9.17, 15) is 9.59 Å². The summed E-state index contributed by atoms with van der Waals surface area (Å²) in [5.41, 5.74) is 0.991. The summed E-state index contributed by atoms with van der Waals surface area (Å²) in [6.45, 7) is 3.27. The van der Waals surface area contributed by atoms with Crippen LogP contribution in [0.1, 0.15) is 42.1 Å². The average Bonchev–Trinajstić information content (AvgIpc) is 2.54. The number of hydrogen-bond acceptors (Lipinski definition) is 2. The van der Waals surface area contributed by atoms with Gasteiger partial charge in [0.15, 0.2) is 0 Å². The first-order chi connectivity index (χ1) is 9.08. The normalized spacial score (nSPS) is 20.2. The Morgan fingerprint density at radius 3 is 2.84 bits per heavy atom. The van der Waals surface area contributed by atoms with Crippen LogP contribution in [0, 0.1) is 5.92 Å². The van der Waals surface area contributed by atoms with Crippen molar-refractivity contribution >= 4 is 11.9 Å². The maximum Gasteiger partial charge on any atom is 0.336 e. The van der Waals surface area contributed by atoms with Crippen molar-refractivity contribution in [3.63, 3.8) is 0 Å². The van der Waals surface area contributed by atoms with Crippen molar-refractivity contribution in [1.29, 1.82) is 0 Å². The summed E-state index contributed by atoms with van der Waals surface area (Å²) < 4.78 is 0. The zero-order valence-corrected chi connectivity index (χ0v) is 11.1. The monoisotopic (exact) mass is 261 g/mol. The van der Waals surface area contributed by atoms with E-state index < -0.39 is 5.97 Å². The predicted molar refractivity (Wildman–Crippen MR) is 71.8 cm³/mol. The minimum Gasteiger partial charge on any atom is -0.478 e. The number of carboxylic acids is 1. The van der Waals surface area contributed by atoms with Crippen LogP contribution in [0.25, 0.3) is 0 Å². The minimum absolute atomic E-state index is 0.129. The molecule has 0 aliphatic carbocycles. The fourth-order valence-electron chi connectivity index (χ4n) is 2.41. The number of benzene rings is 1. The van der Waals surface area contributed by atoms with Crippen LogP contribution in [0.5, 0.6) is 0 Å². The lowest BCUT2D eigenvalue weighted by Crippen LogP contribution is -2.30. The Morgan fingerprint density at radius 2 is 2.11 bits per heavy atom. The summed E-state index contributed by atoms with van der Waals surface area (Å²) in [7, 11) is 0. The van der Waals surface area contributed by atoms with Gasteiger partial charge in [0.05, 0.1) is 5.56 Å². The van der Waals surface area contributed by atoms with Gasteiger partial charge in [-0.3, -0.25) is 4.79 Å². The molecule has 19 heavy (non-hydrogen) atoms. The summed E-state index contributed by atoms with van der Waals surface area (Å²) in [6, 6.07) is 6.89. The molecule has 0 radical (unpaired) electrons. The number of hydrogen-bond donors (Lipinski definition) is 1. The number of nitrogens with zero attached hydrogens (tertiary/aromatic N) is 1. The molecule has 4 nitrogen and oxygen atoms in total. The second-order valence-electron chi connectivity index (χ2n) is 5.21. The molecule has 0 aromatic heterocycles. The highest BCUT2D eigenvalue weighted by molar-refractivity contribution is 5.89. The summed E-state index contributed by atoms with van der Waals surface area (Å²) in [5.74, 6) is -0.251. The molecule has 1 aromatic rings. The molecule has 0 bridgehead atoms. The van der Waals surface area contributed by atoms with Gasteiger partial charge in [-0.1, -0.05) is 25.1 Å². The van der Waals surface area contributed by atoms with Crippen molar-refractivity contribution in [1.82, 2.24) is 4.90 Å². The van der Waals surface area contributed by atoms with Crippen LogP contribution in [-0.4, -0.2) is 28.4 Å². The molecule has 1 aliphatic rings. The molecule has 1 aliphatic heterocycles. The topological polar surface area (TPSA) is 57.6 Å². The maximum absolute atomic E-state index is 12.0. The van der Waals surface area contributed by atoms with Gasteiger partial charge in [0.2, 0.25) is 5.91 Å². The summed E-state index contributed by atoms with van der Waals surface area (Å²) >= 11 is 0. The molecule has 1 N–H and O–H groups in total. The maximum atomic E-state index is 12.0. The molecule has 1 saturated heterocycles. The third kappa shape index (κ3) is 3.34. The molecule has 2 rings (SSSR count). The first-order valence-electron chi connectivity index (χ1n) is 6.67. The van der Waals surface area contributed by atoms with Crippen LogP contribution in [0.4, 0.5) is 0 Å². The zero-order chi connectivity index (χ0) is 13.8. The number of likely N-dealkylation sites (tertiary alicyclic amines) is 1. The number of carbonyl (C=O) groups is 2. The van der Waals surface area contributed by atoms with Crippen molar-refractivity contribution in [3.8, 4) is 0 Å². The largest absolute Gasteiger partial charge is 0.478 e. The molecule has 1 unspecified atom stereocenters. The Hall–Kier alpha value is -1.84. The lowest BCUT2D eigenvalue weighted by Gasteiger charge is -2.21. The molecular weight excluding hydrogens is 242 g/mol. The molecular formula is C15H19NO3. The van der Waals surface area contributed by atoms with Gasteiger partial charge in [-0.15, -0.1) is 0 Å². The molecule has 1 fully saturated rings. The molecule has 0 spiro atoms. The van der Waals surface area contributed by atoms with E-state index in [1.807, 2.05) is 6.07 Å². The van der Waals surface area contributed by atoms with Gasteiger partial charge in [0.25, 0.3) is 0 Å². The molecule has 0 saturated carbocycles. The summed E-state index contributed by atoms with van der Waals surface area (Å²) in [5, 5.41) is 9.16. The first kappa shape index (κ1) is 13.6. The van der Waals surface area contributed by atoms with Gasteiger partial charge >= 0.3 is 5.97 Å². The SMILES string of the molecule is CC1CCC(=O)N(Cc2ccccc2C(=O)O)CC1. The van der Waals surface area contributed by atoms with E-state index in [0.717, 1.165) is 12.8 Å². The second-order valence-corrected chi connectivity index (χ2v) is 5.21. The van der Waals surface area contributed by atoms with Crippen LogP contribution >= 0.6 is 0 Å². The van der Waals surface area contributed by atoms with Crippen molar-refractivity contribution in [2.45, 2.75) is 32.7 Å². The van der Waals surface area contributed by atoms with Gasteiger partial charge in [-0.25, -0.2) is 4.79 Å². The van der Waals surface area contributed by atoms with Gasteiger partial charge in [0, 0.05) is 19.5 Å². The Morgan fingerprint density at radius 1 is 1.37 bits per heavy atom. The number of aromatic carboxylic acids is 1. The van der Waals surface area contributed by atoms with Crippen molar-refractivity contribution in [2.24, 2.45) is 5.92 Å². The lowest BCUT2D eigenvalue weighted by atomic mass is 10.0. The highest BCUT2D eigenvalue weighted by atomic mass is 16.4. The molecule has 102 valence electrons. The number of carboxylic acid groups (broad SMARTS) is 1. The van der Waals surface area contributed by atoms with Gasteiger partial charge in [-0.05, 0) is 30.4 Å². The lowest BCUT2D eigenvalue weighted by molar-refractivity contribution is -0.131. The second kappa shape index (κ2) is 5.87. The van der Waals surface area contributed by atoms with E-state index in [0.29, 0.717) is 31.0 Å². The fourth-order valence-corrected chi connectivity index (χ4v) is 2.41. The number of carbonyl (C=O) groups excluding carboxylic acids is 1. The molecule has 1 amide bonds. The minimum atomic E-state index is -0.939. The van der Waals surface area contributed by atoms with Crippen LogP contribution in [0.15, 0.2) is 24.3 Å². The van der Waals surface area contributed by atoms with Crippen LogP contribution in [0.3, 0.4) is 0 Å². The van der Waals surface area contributed by atoms with Gasteiger partial charge in [0.1, 0.15) is 0 Å². The average molecular weight is 261 g/mol. The quantitative estimate of drug-likeness (QED) is 0.909. The number of amides is 1. The van der Waals surface area contributed by atoms with E-state index >= 15 is 0 Å². The van der Waals surface area contributed by atoms with Gasteiger partial charge < -0.3 is 10.0 Å². The molecule has 1 heterocycles.